The van der Waals surface area contributed by atoms with E-state index in [9.17, 15) is 18.0 Å². The molecule has 3 aromatic carbocycles. The highest BCUT2D eigenvalue weighted by atomic mass is 19.2. The summed E-state index contributed by atoms with van der Waals surface area (Å²) in [6.07, 6.45) is 0. The summed E-state index contributed by atoms with van der Waals surface area (Å²) in [5.41, 5.74) is 0.654. The number of hydrogen-bond acceptors (Lipinski definition) is 2. The van der Waals surface area contributed by atoms with Crippen molar-refractivity contribution in [3.05, 3.63) is 77.3 Å². The zero-order chi connectivity index (χ0) is 18.4. The number of carbonyl (C=O) groups is 1. The molecule has 1 aromatic heterocycles. The first-order valence-corrected chi connectivity index (χ1v) is 7.83. The zero-order valence-corrected chi connectivity index (χ0v) is 13.6. The monoisotopic (exact) mass is 355 g/mol. The van der Waals surface area contributed by atoms with Crippen LogP contribution in [0.4, 0.5) is 18.9 Å². The minimum absolute atomic E-state index is 0.0134. The Morgan fingerprint density at radius 2 is 1.69 bits per heavy atom. The van der Waals surface area contributed by atoms with Crippen LogP contribution in [-0.2, 0) is 0 Å². The number of fused-ring (bicyclic) bond motifs is 3. The van der Waals surface area contributed by atoms with Gasteiger partial charge >= 0.3 is 0 Å². The predicted molar refractivity (Wildman–Crippen MR) is 92.7 cm³/mol. The van der Waals surface area contributed by atoms with Crippen molar-refractivity contribution in [1.29, 1.82) is 0 Å². The Labute approximate surface area is 146 Å². The smallest absolute Gasteiger partial charge is 0.291 e. The number of hydrogen-bond donors (Lipinski definition) is 1. The third-order valence-electron chi connectivity index (χ3n) is 4.32. The molecule has 3 nitrogen and oxygen atoms in total. The molecule has 0 radical (unpaired) electrons. The van der Waals surface area contributed by atoms with E-state index in [0.717, 1.165) is 28.3 Å². The molecule has 0 spiro atoms. The van der Waals surface area contributed by atoms with Crippen LogP contribution in [0.1, 0.15) is 16.1 Å². The maximum atomic E-state index is 13.8. The molecular formula is C20H12F3NO2. The molecule has 6 heteroatoms. The summed E-state index contributed by atoms with van der Waals surface area (Å²) >= 11 is 0. The van der Waals surface area contributed by atoms with Crippen LogP contribution >= 0.6 is 0 Å². The molecule has 0 aliphatic carbocycles. The number of halogens is 3. The molecule has 4 aromatic rings. The molecule has 1 heterocycles. The zero-order valence-electron chi connectivity index (χ0n) is 13.6. The second-order valence-electron chi connectivity index (χ2n) is 5.90. The minimum Gasteiger partial charge on any atom is -0.450 e. The minimum atomic E-state index is -1.64. The molecule has 4 rings (SSSR count). The van der Waals surface area contributed by atoms with Crippen molar-refractivity contribution in [1.82, 2.24) is 0 Å². The Bertz CT molecular complexity index is 1180. The fraction of sp³-hybridized carbons (Fsp3) is 0.0500. The van der Waals surface area contributed by atoms with Crippen LogP contribution in [0.15, 0.2) is 52.9 Å². The number of rotatable bonds is 2. The highest BCUT2D eigenvalue weighted by molar-refractivity contribution is 6.11. The van der Waals surface area contributed by atoms with Crippen molar-refractivity contribution in [2.24, 2.45) is 0 Å². The third-order valence-corrected chi connectivity index (χ3v) is 4.32. The average molecular weight is 355 g/mol. The third kappa shape index (κ3) is 2.42. The number of furan rings is 1. The molecule has 0 saturated carbocycles. The summed E-state index contributed by atoms with van der Waals surface area (Å²) in [7, 11) is 0. The highest BCUT2D eigenvalue weighted by Crippen LogP contribution is 2.32. The van der Waals surface area contributed by atoms with Crippen molar-refractivity contribution >= 4 is 33.3 Å². The largest absolute Gasteiger partial charge is 0.450 e. The van der Waals surface area contributed by atoms with Crippen molar-refractivity contribution in [3.8, 4) is 0 Å². The van der Waals surface area contributed by atoms with Crippen LogP contribution in [0.5, 0.6) is 0 Å². The molecule has 26 heavy (non-hydrogen) atoms. The van der Waals surface area contributed by atoms with Crippen LogP contribution in [-0.4, -0.2) is 5.91 Å². The average Bonchev–Trinajstić information content (AvgIpc) is 2.99. The summed E-state index contributed by atoms with van der Waals surface area (Å²) in [6, 6.07) is 13.0. The van der Waals surface area contributed by atoms with E-state index in [0.29, 0.717) is 11.1 Å². The Hall–Kier alpha value is -3.28. The lowest BCUT2D eigenvalue weighted by Crippen LogP contribution is -2.14. The van der Waals surface area contributed by atoms with E-state index in [1.54, 1.807) is 6.92 Å². The van der Waals surface area contributed by atoms with Crippen molar-refractivity contribution < 1.29 is 22.4 Å². The fourth-order valence-electron chi connectivity index (χ4n) is 2.97. The summed E-state index contributed by atoms with van der Waals surface area (Å²) < 4.78 is 45.9. The van der Waals surface area contributed by atoms with Gasteiger partial charge in [-0.2, -0.15) is 0 Å². The van der Waals surface area contributed by atoms with Gasteiger partial charge in [-0.15, -0.1) is 0 Å². The van der Waals surface area contributed by atoms with Crippen molar-refractivity contribution in [3.63, 3.8) is 0 Å². The van der Waals surface area contributed by atoms with Gasteiger partial charge in [-0.3, -0.25) is 4.79 Å². The molecule has 1 amide bonds. The van der Waals surface area contributed by atoms with Gasteiger partial charge in [-0.25, -0.2) is 13.2 Å². The molecule has 0 saturated heterocycles. The van der Waals surface area contributed by atoms with E-state index in [1.807, 2.05) is 36.4 Å². The second-order valence-corrected chi connectivity index (χ2v) is 5.90. The highest BCUT2D eigenvalue weighted by Gasteiger charge is 2.21. The van der Waals surface area contributed by atoms with Crippen LogP contribution < -0.4 is 5.32 Å². The van der Waals surface area contributed by atoms with Gasteiger partial charge in [0.15, 0.2) is 23.2 Å². The van der Waals surface area contributed by atoms with Gasteiger partial charge in [-0.1, -0.05) is 36.4 Å². The predicted octanol–water partition coefficient (Wildman–Crippen LogP) is 5.56. The lowest BCUT2D eigenvalue weighted by atomic mass is 10.1. The maximum absolute atomic E-state index is 13.8. The topological polar surface area (TPSA) is 42.2 Å². The van der Waals surface area contributed by atoms with Gasteiger partial charge < -0.3 is 9.73 Å². The van der Waals surface area contributed by atoms with E-state index >= 15 is 0 Å². The summed E-state index contributed by atoms with van der Waals surface area (Å²) in [5.74, 6) is -5.19. The normalized spacial score (nSPS) is 11.2. The van der Waals surface area contributed by atoms with E-state index in [1.165, 1.54) is 0 Å². The van der Waals surface area contributed by atoms with Gasteiger partial charge in [-0.05, 0) is 24.4 Å². The first kappa shape index (κ1) is 16.2. The summed E-state index contributed by atoms with van der Waals surface area (Å²) in [6.45, 7) is 1.71. The van der Waals surface area contributed by atoms with E-state index in [-0.39, 0.29) is 5.76 Å². The molecule has 0 aliphatic heterocycles. The number of carbonyl (C=O) groups excluding carboxylic acids is 1. The van der Waals surface area contributed by atoms with Gasteiger partial charge in [0, 0.05) is 16.3 Å². The van der Waals surface area contributed by atoms with Crippen LogP contribution in [0.25, 0.3) is 21.7 Å². The van der Waals surface area contributed by atoms with Gasteiger partial charge in [0.1, 0.15) is 5.58 Å². The molecule has 1 N–H and O–H groups in total. The number of benzene rings is 3. The second kappa shape index (κ2) is 5.91. The van der Waals surface area contributed by atoms with Crippen LogP contribution in [0.2, 0.25) is 0 Å². The van der Waals surface area contributed by atoms with Gasteiger partial charge in [0.05, 0.1) is 5.69 Å². The quantitative estimate of drug-likeness (QED) is 0.478. The lowest BCUT2D eigenvalue weighted by molar-refractivity contribution is 0.0997. The fourth-order valence-corrected chi connectivity index (χ4v) is 2.97. The molecule has 0 unspecified atom stereocenters. The number of aryl methyl sites for hydroxylation is 1. The van der Waals surface area contributed by atoms with Crippen molar-refractivity contribution in [2.75, 3.05) is 5.32 Å². The number of anilines is 1. The molecule has 0 bridgehead atoms. The summed E-state index contributed by atoms with van der Waals surface area (Å²) in [5, 5.41) is 4.77. The Kier molecular flexibility index (Phi) is 3.68. The molecule has 0 fully saturated rings. The Morgan fingerprint density at radius 1 is 0.923 bits per heavy atom. The molecule has 130 valence electrons. The molecular weight excluding hydrogens is 343 g/mol. The Balaban J connectivity index is 1.79. The van der Waals surface area contributed by atoms with E-state index < -0.39 is 29.0 Å². The first-order chi connectivity index (χ1) is 12.5. The maximum Gasteiger partial charge on any atom is 0.291 e. The van der Waals surface area contributed by atoms with Crippen molar-refractivity contribution in [2.45, 2.75) is 6.92 Å². The lowest BCUT2D eigenvalue weighted by Gasteiger charge is -2.06. The number of amides is 1. The van der Waals surface area contributed by atoms with Gasteiger partial charge in [0.2, 0.25) is 0 Å². The molecule has 0 atom stereocenters. The Morgan fingerprint density at radius 3 is 2.50 bits per heavy atom. The van der Waals surface area contributed by atoms with E-state index in [2.05, 4.69) is 5.32 Å². The SMILES string of the molecule is Cc1c(C(=O)Nc2ccc(F)c(F)c2F)oc2c1ccc1ccccc12. The number of nitrogens with one attached hydrogen (secondary N) is 1. The standard InChI is InChI=1S/C20H12F3NO2/c1-10-12-7-6-11-4-2-3-5-13(11)19(12)26-18(10)20(25)24-15-9-8-14(21)16(22)17(15)23/h2-9H,1H3,(H,24,25). The van der Waals surface area contributed by atoms with Gasteiger partial charge in [0.25, 0.3) is 5.91 Å². The van der Waals surface area contributed by atoms with Crippen LogP contribution in [0, 0.1) is 24.4 Å². The molecule has 0 aliphatic rings. The van der Waals surface area contributed by atoms with Crippen LogP contribution in [0.3, 0.4) is 0 Å². The van der Waals surface area contributed by atoms with E-state index in [4.69, 9.17) is 4.42 Å². The first-order valence-electron chi connectivity index (χ1n) is 7.83. The summed E-state index contributed by atoms with van der Waals surface area (Å²) in [4.78, 5) is 12.5.